The molecule has 0 spiro atoms. The van der Waals surface area contributed by atoms with Gasteiger partial charge in [0.25, 0.3) is 0 Å². The van der Waals surface area contributed by atoms with Gasteiger partial charge < -0.3 is 4.74 Å². The van der Waals surface area contributed by atoms with Crippen LogP contribution in [-0.4, -0.2) is 62.6 Å². The summed E-state index contributed by atoms with van der Waals surface area (Å²) in [6.45, 7) is 4.89. The molecule has 2 aliphatic rings. The van der Waals surface area contributed by atoms with Crippen molar-refractivity contribution >= 4 is 10.0 Å². The first-order chi connectivity index (χ1) is 15.0. The van der Waals surface area contributed by atoms with E-state index in [0.29, 0.717) is 25.3 Å². The third-order valence-corrected chi connectivity index (χ3v) is 7.61. The van der Waals surface area contributed by atoms with Gasteiger partial charge in [0.05, 0.1) is 24.5 Å². The number of nitrogens with zero attached hydrogens (tertiary/aromatic N) is 6. The van der Waals surface area contributed by atoms with Gasteiger partial charge in [-0.05, 0) is 31.2 Å². The number of pyridine rings is 2. The minimum atomic E-state index is -3.81. The lowest BCUT2D eigenvalue weighted by molar-refractivity contribution is 0.143. The Hall–Kier alpha value is -2.82. The van der Waals surface area contributed by atoms with Crippen LogP contribution in [0.4, 0.5) is 0 Å². The molecule has 1 fully saturated rings. The summed E-state index contributed by atoms with van der Waals surface area (Å²) in [6, 6.07) is 8.36. The van der Waals surface area contributed by atoms with Crippen molar-refractivity contribution in [3.8, 4) is 5.88 Å². The van der Waals surface area contributed by atoms with Crippen LogP contribution in [0, 0.1) is 0 Å². The lowest BCUT2D eigenvalue weighted by Gasteiger charge is -2.27. The summed E-state index contributed by atoms with van der Waals surface area (Å²) in [4.78, 5) is 10.9. The fourth-order valence-electron chi connectivity index (χ4n) is 4.24. The van der Waals surface area contributed by atoms with E-state index in [0.717, 1.165) is 12.1 Å². The molecule has 2 unspecified atom stereocenters. The number of likely N-dealkylation sites (tertiary alicyclic amines) is 1. The van der Waals surface area contributed by atoms with Gasteiger partial charge in [0.15, 0.2) is 0 Å². The molecule has 162 valence electrons. The first-order valence-corrected chi connectivity index (χ1v) is 11.8. The number of hydrogen-bond acceptors (Lipinski definition) is 7. The van der Waals surface area contributed by atoms with E-state index in [4.69, 9.17) is 4.74 Å². The Morgan fingerprint density at radius 1 is 1.10 bits per heavy atom. The normalized spacial score (nSPS) is 23.0. The second-order valence-electron chi connectivity index (χ2n) is 7.80. The standard InChI is InChI=1S/C21H24N6O3S/c1-2-26-12-16(10-24-26)11-25-14-18-19(15-25)30-21-20(7-5-9-23-21)31(28,29)27(18)13-17-6-3-4-8-22-17/h3-10,12,18-19H,2,11,13-15H2,1H3. The van der Waals surface area contributed by atoms with Crippen LogP contribution in [0.3, 0.4) is 0 Å². The van der Waals surface area contributed by atoms with Crippen LogP contribution in [0.2, 0.25) is 0 Å². The molecule has 2 atom stereocenters. The first kappa shape index (κ1) is 20.1. The van der Waals surface area contributed by atoms with E-state index >= 15 is 0 Å². The van der Waals surface area contributed by atoms with Crippen LogP contribution in [0.5, 0.6) is 5.88 Å². The molecule has 3 aromatic heterocycles. The summed E-state index contributed by atoms with van der Waals surface area (Å²) in [7, 11) is -3.81. The average Bonchev–Trinajstić information content (AvgIpc) is 3.38. The van der Waals surface area contributed by atoms with Crippen LogP contribution < -0.4 is 4.74 Å². The molecule has 0 aliphatic carbocycles. The highest BCUT2D eigenvalue weighted by molar-refractivity contribution is 7.89. The zero-order chi connectivity index (χ0) is 21.4. The Morgan fingerprint density at radius 2 is 1.97 bits per heavy atom. The van der Waals surface area contributed by atoms with Gasteiger partial charge in [-0.2, -0.15) is 9.40 Å². The third kappa shape index (κ3) is 3.82. The largest absolute Gasteiger partial charge is 0.470 e. The molecule has 0 amide bonds. The van der Waals surface area contributed by atoms with E-state index in [-0.39, 0.29) is 29.5 Å². The number of sulfonamides is 1. The summed E-state index contributed by atoms with van der Waals surface area (Å²) in [5.41, 5.74) is 1.79. The zero-order valence-electron chi connectivity index (χ0n) is 17.2. The van der Waals surface area contributed by atoms with Crippen molar-refractivity contribution in [1.82, 2.24) is 29.0 Å². The number of rotatable bonds is 5. The maximum absolute atomic E-state index is 13.6. The van der Waals surface area contributed by atoms with Crippen molar-refractivity contribution in [2.75, 3.05) is 13.1 Å². The van der Waals surface area contributed by atoms with Crippen molar-refractivity contribution in [3.05, 3.63) is 66.4 Å². The number of aromatic nitrogens is 4. The van der Waals surface area contributed by atoms with Crippen LogP contribution in [0.25, 0.3) is 0 Å². The summed E-state index contributed by atoms with van der Waals surface area (Å²) < 4.78 is 36.8. The minimum Gasteiger partial charge on any atom is -0.470 e. The molecule has 2 aliphatic heterocycles. The predicted molar refractivity (Wildman–Crippen MR) is 113 cm³/mol. The Morgan fingerprint density at radius 3 is 2.74 bits per heavy atom. The molecule has 31 heavy (non-hydrogen) atoms. The van der Waals surface area contributed by atoms with Gasteiger partial charge in [-0.15, -0.1) is 0 Å². The molecule has 0 saturated carbocycles. The number of ether oxygens (including phenoxy) is 1. The second-order valence-corrected chi connectivity index (χ2v) is 9.66. The van der Waals surface area contributed by atoms with Crippen LogP contribution in [-0.2, 0) is 29.7 Å². The fourth-order valence-corrected chi connectivity index (χ4v) is 5.92. The van der Waals surface area contributed by atoms with Gasteiger partial charge in [-0.3, -0.25) is 14.6 Å². The van der Waals surface area contributed by atoms with Crippen LogP contribution >= 0.6 is 0 Å². The van der Waals surface area contributed by atoms with E-state index in [1.54, 1.807) is 24.5 Å². The Bertz CT molecular complexity index is 1170. The molecular weight excluding hydrogens is 416 g/mol. The van der Waals surface area contributed by atoms with Crippen molar-refractivity contribution < 1.29 is 13.2 Å². The Balaban J connectivity index is 1.48. The van der Waals surface area contributed by atoms with Crippen LogP contribution in [0.1, 0.15) is 18.2 Å². The topological polar surface area (TPSA) is 93.5 Å². The highest BCUT2D eigenvalue weighted by Gasteiger charge is 2.47. The summed E-state index contributed by atoms with van der Waals surface area (Å²) in [5, 5.41) is 4.34. The van der Waals surface area contributed by atoms with E-state index in [1.165, 1.54) is 4.31 Å². The molecule has 9 nitrogen and oxygen atoms in total. The molecule has 5 rings (SSSR count). The number of aryl methyl sites for hydroxylation is 1. The van der Waals surface area contributed by atoms with E-state index < -0.39 is 10.0 Å². The van der Waals surface area contributed by atoms with E-state index in [1.807, 2.05) is 42.2 Å². The molecule has 10 heteroatoms. The SMILES string of the molecule is CCn1cc(CN2CC3Oc4ncccc4S(=O)(=O)N(Cc4ccccn4)C3C2)cn1. The van der Waals surface area contributed by atoms with E-state index in [2.05, 4.69) is 20.0 Å². The van der Waals surface area contributed by atoms with Gasteiger partial charge in [-0.1, -0.05) is 6.07 Å². The van der Waals surface area contributed by atoms with Gasteiger partial charge in [0.1, 0.15) is 11.0 Å². The number of fused-ring (bicyclic) bond motifs is 2. The quantitative estimate of drug-likeness (QED) is 0.594. The van der Waals surface area contributed by atoms with Crippen molar-refractivity contribution in [1.29, 1.82) is 0 Å². The zero-order valence-corrected chi connectivity index (χ0v) is 18.0. The van der Waals surface area contributed by atoms with Gasteiger partial charge in [0.2, 0.25) is 15.9 Å². The molecule has 0 bridgehead atoms. The highest BCUT2D eigenvalue weighted by atomic mass is 32.2. The smallest absolute Gasteiger partial charge is 0.249 e. The van der Waals surface area contributed by atoms with Crippen molar-refractivity contribution in [2.45, 2.75) is 43.6 Å². The van der Waals surface area contributed by atoms with Gasteiger partial charge in [0, 0.05) is 50.3 Å². The van der Waals surface area contributed by atoms with Gasteiger partial charge in [-0.25, -0.2) is 13.4 Å². The second kappa shape index (κ2) is 8.03. The summed E-state index contributed by atoms with van der Waals surface area (Å²) in [6.07, 6.45) is 6.79. The van der Waals surface area contributed by atoms with Crippen molar-refractivity contribution in [2.24, 2.45) is 0 Å². The molecule has 5 heterocycles. The summed E-state index contributed by atoms with van der Waals surface area (Å²) in [5.74, 6) is 0.168. The predicted octanol–water partition coefficient (Wildman–Crippen LogP) is 1.53. The molecular formula is C21H24N6O3S. The Labute approximate surface area is 181 Å². The lowest BCUT2D eigenvalue weighted by atomic mass is 10.2. The number of hydrogen-bond donors (Lipinski definition) is 0. The Kier molecular flexibility index (Phi) is 5.20. The van der Waals surface area contributed by atoms with Crippen LogP contribution in [0.15, 0.2) is 60.0 Å². The fraction of sp³-hybridized carbons (Fsp3) is 0.381. The van der Waals surface area contributed by atoms with Crippen molar-refractivity contribution in [3.63, 3.8) is 0 Å². The highest BCUT2D eigenvalue weighted by Crippen LogP contribution is 2.35. The lowest BCUT2D eigenvalue weighted by Crippen LogP contribution is -2.46. The molecule has 1 saturated heterocycles. The van der Waals surface area contributed by atoms with E-state index in [9.17, 15) is 8.42 Å². The maximum atomic E-state index is 13.6. The minimum absolute atomic E-state index is 0.108. The molecule has 0 N–H and O–H groups in total. The summed E-state index contributed by atoms with van der Waals surface area (Å²) >= 11 is 0. The third-order valence-electron chi connectivity index (χ3n) is 5.73. The van der Waals surface area contributed by atoms with Gasteiger partial charge >= 0.3 is 0 Å². The average molecular weight is 441 g/mol. The molecule has 3 aromatic rings. The first-order valence-electron chi connectivity index (χ1n) is 10.3. The maximum Gasteiger partial charge on any atom is 0.249 e. The molecule has 0 aromatic carbocycles. The monoisotopic (exact) mass is 440 g/mol. The molecule has 0 radical (unpaired) electrons.